The zero-order valence-electron chi connectivity index (χ0n) is 18.6. The van der Waals surface area contributed by atoms with Crippen molar-refractivity contribution >= 4 is 18.0 Å². The van der Waals surface area contributed by atoms with Crippen LogP contribution < -0.4 is 10.5 Å². The van der Waals surface area contributed by atoms with Crippen LogP contribution in [-0.2, 0) is 11.2 Å². The van der Waals surface area contributed by atoms with Crippen molar-refractivity contribution in [1.29, 1.82) is 0 Å². The number of esters is 1. The molecular weight excluding hydrogens is 390 g/mol. The van der Waals surface area contributed by atoms with Crippen LogP contribution in [0.5, 0.6) is 5.88 Å². The Balaban J connectivity index is 1.63. The van der Waals surface area contributed by atoms with Crippen LogP contribution >= 0.6 is 0 Å². The first kappa shape index (κ1) is 24.4. The number of primary amides is 1. The van der Waals surface area contributed by atoms with Crippen LogP contribution in [0.4, 0.5) is 0 Å². The molecule has 31 heavy (non-hydrogen) atoms. The smallest absolute Gasteiger partial charge is 0.337 e. The lowest BCUT2D eigenvalue weighted by atomic mass is 10.0. The molecule has 0 unspecified atom stereocenters. The molecule has 0 aliphatic rings. The van der Waals surface area contributed by atoms with E-state index in [2.05, 4.69) is 29.0 Å². The van der Waals surface area contributed by atoms with Crippen molar-refractivity contribution in [1.82, 2.24) is 9.97 Å². The molecule has 1 aromatic carbocycles. The van der Waals surface area contributed by atoms with Gasteiger partial charge in [0.2, 0.25) is 0 Å². The lowest BCUT2D eigenvalue weighted by Gasteiger charge is -2.04. The quantitative estimate of drug-likeness (QED) is 0.221. The first-order valence-electron chi connectivity index (χ1n) is 11.4. The van der Waals surface area contributed by atoms with Gasteiger partial charge in [0.15, 0.2) is 5.69 Å². The molecule has 0 bridgehead atoms. The van der Waals surface area contributed by atoms with E-state index in [0.717, 1.165) is 12.0 Å². The van der Waals surface area contributed by atoms with Gasteiger partial charge in [-0.05, 0) is 30.0 Å². The second-order valence-corrected chi connectivity index (χ2v) is 7.87. The van der Waals surface area contributed by atoms with E-state index in [1.807, 2.05) is 12.1 Å². The number of ether oxygens (including phenoxy) is 1. The number of nitrogens with two attached hydrogens (primary N) is 1. The fourth-order valence-electron chi connectivity index (χ4n) is 3.44. The predicted molar refractivity (Wildman–Crippen MR) is 124 cm³/mol. The van der Waals surface area contributed by atoms with Gasteiger partial charge in [0.05, 0.1) is 6.33 Å². The third-order valence-corrected chi connectivity index (χ3v) is 5.26. The Hall–Kier alpha value is -2.89. The van der Waals surface area contributed by atoms with Crippen LogP contribution in [0.15, 0.2) is 36.7 Å². The minimum Gasteiger partial charge on any atom is -0.402 e. The van der Waals surface area contributed by atoms with Gasteiger partial charge in [-0.15, -0.1) is 0 Å². The van der Waals surface area contributed by atoms with Crippen molar-refractivity contribution in [2.45, 2.75) is 77.6 Å². The Morgan fingerprint density at radius 2 is 1.58 bits per heavy atom. The zero-order chi connectivity index (χ0) is 22.3. The van der Waals surface area contributed by atoms with E-state index in [0.29, 0.717) is 0 Å². The summed E-state index contributed by atoms with van der Waals surface area (Å²) in [6.45, 7) is 2.26. The average Bonchev–Trinajstić information content (AvgIpc) is 3.23. The summed E-state index contributed by atoms with van der Waals surface area (Å²) in [7, 11) is 0. The van der Waals surface area contributed by atoms with Gasteiger partial charge in [0.25, 0.3) is 11.8 Å². The maximum Gasteiger partial charge on any atom is 0.337 e. The molecule has 0 atom stereocenters. The summed E-state index contributed by atoms with van der Waals surface area (Å²) >= 11 is 0. The second-order valence-electron chi connectivity index (χ2n) is 7.87. The molecule has 1 aromatic heterocycles. The summed E-state index contributed by atoms with van der Waals surface area (Å²) in [5.74, 6) is -1.47. The van der Waals surface area contributed by atoms with Crippen molar-refractivity contribution < 1.29 is 14.3 Å². The van der Waals surface area contributed by atoms with Gasteiger partial charge in [0.1, 0.15) is 0 Å². The van der Waals surface area contributed by atoms with Gasteiger partial charge in [-0.3, -0.25) is 4.79 Å². The molecule has 0 spiro atoms. The number of hydrogen-bond acceptors (Lipinski definition) is 4. The number of carbonyl (C=O) groups excluding carboxylic acids is 2. The molecule has 3 N–H and O–H groups in total. The molecule has 1 heterocycles. The summed E-state index contributed by atoms with van der Waals surface area (Å²) in [6, 6.07) is 8.16. The first-order valence-corrected chi connectivity index (χ1v) is 11.4. The fourth-order valence-corrected chi connectivity index (χ4v) is 3.44. The lowest BCUT2D eigenvalue weighted by molar-refractivity contribution is -0.129. The van der Waals surface area contributed by atoms with Gasteiger partial charge >= 0.3 is 5.97 Å². The van der Waals surface area contributed by atoms with E-state index in [1.165, 1.54) is 82.2 Å². The van der Waals surface area contributed by atoms with Gasteiger partial charge in [-0.2, -0.15) is 0 Å². The van der Waals surface area contributed by atoms with Gasteiger partial charge in [0, 0.05) is 6.08 Å². The van der Waals surface area contributed by atoms with Crippen LogP contribution in [0, 0.1) is 0 Å². The molecule has 0 radical (unpaired) electrons. The van der Waals surface area contributed by atoms with Crippen LogP contribution in [0.3, 0.4) is 0 Å². The normalized spacial score (nSPS) is 11.1. The predicted octanol–water partition coefficient (Wildman–Crippen LogP) is 5.59. The van der Waals surface area contributed by atoms with E-state index in [-0.39, 0.29) is 11.6 Å². The van der Waals surface area contributed by atoms with Crippen LogP contribution in [0.25, 0.3) is 6.08 Å². The minimum atomic E-state index is -0.734. The number of aromatic amines is 1. The Kier molecular flexibility index (Phi) is 11.1. The number of amides is 1. The van der Waals surface area contributed by atoms with Crippen LogP contribution in [-0.4, -0.2) is 21.8 Å². The molecular formula is C25H35N3O3. The molecule has 168 valence electrons. The highest BCUT2D eigenvalue weighted by Crippen LogP contribution is 2.14. The van der Waals surface area contributed by atoms with E-state index >= 15 is 0 Å². The standard InChI is InChI=1S/C25H35N3O3/c1-2-3-4-5-6-7-8-9-10-11-12-20-13-15-21(16-14-20)17-18-22(29)31-25-23(24(26)30)27-19-28-25/h13-19H,2-12H2,1H3,(H2,26,30)(H,27,28). The maximum absolute atomic E-state index is 11.9. The Labute approximate surface area is 185 Å². The van der Waals surface area contributed by atoms with E-state index in [9.17, 15) is 9.59 Å². The molecule has 0 saturated carbocycles. The SMILES string of the molecule is CCCCCCCCCCCCc1ccc(C=CC(=O)Oc2nc[nH]c2C(N)=O)cc1. The number of imidazole rings is 1. The molecule has 2 aromatic rings. The minimum absolute atomic E-state index is 0.0296. The molecule has 1 amide bonds. The van der Waals surface area contributed by atoms with Crippen molar-refractivity contribution in [3.63, 3.8) is 0 Å². The molecule has 0 fully saturated rings. The van der Waals surface area contributed by atoms with E-state index < -0.39 is 11.9 Å². The topological polar surface area (TPSA) is 98.1 Å². The third-order valence-electron chi connectivity index (χ3n) is 5.26. The summed E-state index contributed by atoms with van der Waals surface area (Å²) in [6.07, 6.45) is 18.7. The average molecular weight is 426 g/mol. The molecule has 0 aliphatic heterocycles. The summed E-state index contributed by atoms with van der Waals surface area (Å²) < 4.78 is 5.04. The lowest BCUT2D eigenvalue weighted by Crippen LogP contribution is -2.14. The third kappa shape index (κ3) is 9.64. The number of aromatic nitrogens is 2. The van der Waals surface area contributed by atoms with Crippen molar-refractivity contribution in [3.05, 3.63) is 53.5 Å². The molecule has 2 rings (SSSR count). The van der Waals surface area contributed by atoms with Crippen LogP contribution in [0.2, 0.25) is 0 Å². The Bertz CT molecular complexity index is 825. The maximum atomic E-state index is 11.9. The summed E-state index contributed by atoms with van der Waals surface area (Å²) in [5, 5.41) is 0. The number of nitrogens with zero attached hydrogens (tertiary/aromatic N) is 1. The summed E-state index contributed by atoms with van der Waals surface area (Å²) in [5.41, 5.74) is 7.36. The number of nitrogens with one attached hydrogen (secondary N) is 1. The number of benzene rings is 1. The molecule has 6 heteroatoms. The fraction of sp³-hybridized carbons (Fsp3) is 0.480. The Morgan fingerprint density at radius 1 is 0.968 bits per heavy atom. The largest absolute Gasteiger partial charge is 0.402 e. The molecule has 0 saturated heterocycles. The monoisotopic (exact) mass is 425 g/mol. The van der Waals surface area contributed by atoms with Gasteiger partial charge in [-0.1, -0.05) is 89.0 Å². The molecule has 6 nitrogen and oxygen atoms in total. The second kappa shape index (κ2) is 14.2. The zero-order valence-corrected chi connectivity index (χ0v) is 18.6. The highest BCUT2D eigenvalue weighted by atomic mass is 16.5. The number of H-pyrrole nitrogens is 1. The number of unbranched alkanes of at least 4 members (excludes halogenated alkanes) is 9. The van der Waals surface area contributed by atoms with E-state index in [1.54, 1.807) is 6.08 Å². The van der Waals surface area contributed by atoms with E-state index in [4.69, 9.17) is 10.5 Å². The molecule has 0 aliphatic carbocycles. The van der Waals surface area contributed by atoms with Crippen molar-refractivity contribution in [3.8, 4) is 5.88 Å². The van der Waals surface area contributed by atoms with Crippen molar-refractivity contribution in [2.75, 3.05) is 0 Å². The number of rotatable bonds is 15. The Morgan fingerprint density at radius 3 is 2.19 bits per heavy atom. The first-order chi connectivity index (χ1) is 15.1. The highest BCUT2D eigenvalue weighted by Gasteiger charge is 2.14. The van der Waals surface area contributed by atoms with Gasteiger partial charge < -0.3 is 15.5 Å². The van der Waals surface area contributed by atoms with Crippen molar-refractivity contribution in [2.24, 2.45) is 5.73 Å². The number of hydrogen-bond donors (Lipinski definition) is 2. The van der Waals surface area contributed by atoms with Crippen LogP contribution in [0.1, 0.15) is 92.7 Å². The highest BCUT2D eigenvalue weighted by molar-refractivity contribution is 5.95. The summed E-state index contributed by atoms with van der Waals surface area (Å²) in [4.78, 5) is 29.4. The number of aryl methyl sites for hydroxylation is 1. The van der Waals surface area contributed by atoms with Gasteiger partial charge in [-0.25, -0.2) is 9.78 Å². The number of carbonyl (C=O) groups is 2.